The molecule has 0 aromatic heterocycles. The molecule has 2 heteroatoms. The molecule has 0 unspecified atom stereocenters. The first kappa shape index (κ1) is 12.5. The summed E-state index contributed by atoms with van der Waals surface area (Å²) >= 11 is 1.72. The zero-order valence-corrected chi connectivity index (χ0v) is 9.74. The molecule has 1 aromatic carbocycles. The van der Waals surface area contributed by atoms with Gasteiger partial charge in [0.15, 0.2) is 0 Å². The van der Waals surface area contributed by atoms with Gasteiger partial charge in [-0.05, 0) is 23.6 Å². The number of benzene rings is 1. The van der Waals surface area contributed by atoms with Crippen molar-refractivity contribution in [2.75, 3.05) is 0 Å². The van der Waals surface area contributed by atoms with E-state index in [1.54, 1.807) is 11.9 Å². The zero-order valence-electron chi connectivity index (χ0n) is 8.92. The van der Waals surface area contributed by atoms with Crippen molar-refractivity contribution in [2.45, 2.75) is 39.1 Å². The van der Waals surface area contributed by atoms with Gasteiger partial charge in [-0.15, -0.1) is 0 Å². The summed E-state index contributed by atoms with van der Waals surface area (Å²) in [6.45, 7) is 9.01. The molecule has 74 valence electrons. The Labute approximate surface area is 86.1 Å². The van der Waals surface area contributed by atoms with E-state index in [1.165, 1.54) is 10.5 Å². The molecule has 0 saturated heterocycles. The van der Waals surface area contributed by atoms with E-state index in [9.17, 15) is 0 Å². The second kappa shape index (κ2) is 8.14. The van der Waals surface area contributed by atoms with E-state index in [0.717, 1.165) is 6.54 Å². The number of hydrogen-bond donors (Lipinski definition) is 1. The Bertz CT molecular complexity index is 200. The first-order valence-corrected chi connectivity index (χ1v) is 5.76. The topological polar surface area (TPSA) is 12.0 Å². The van der Waals surface area contributed by atoms with Gasteiger partial charge in [0.25, 0.3) is 0 Å². The van der Waals surface area contributed by atoms with Gasteiger partial charge in [-0.1, -0.05) is 45.9 Å². The lowest BCUT2D eigenvalue weighted by atomic mass is 10.2. The van der Waals surface area contributed by atoms with Gasteiger partial charge >= 0.3 is 0 Å². The van der Waals surface area contributed by atoms with Gasteiger partial charge < -0.3 is 0 Å². The maximum absolute atomic E-state index is 3.20. The highest BCUT2D eigenvalue weighted by Gasteiger charge is 2.07. The van der Waals surface area contributed by atoms with Gasteiger partial charge in [0.2, 0.25) is 0 Å². The molecule has 2 rings (SSSR count). The molecule has 1 N–H and O–H groups in total. The van der Waals surface area contributed by atoms with Crippen LogP contribution in [0.1, 0.15) is 33.3 Å². The molecule has 1 aromatic rings. The minimum absolute atomic E-state index is 1.01. The summed E-state index contributed by atoms with van der Waals surface area (Å²) in [6, 6.07) is 8.44. The number of hydrogen-bond acceptors (Lipinski definition) is 2. The molecule has 0 bridgehead atoms. The average Bonchev–Trinajstić information content (AvgIpc) is 2.71. The fourth-order valence-electron chi connectivity index (χ4n) is 0.941. The quantitative estimate of drug-likeness (QED) is 0.634. The maximum atomic E-state index is 3.20. The fourth-order valence-corrected chi connectivity index (χ4v) is 1.74. The van der Waals surface area contributed by atoms with Crippen LogP contribution in [0.4, 0.5) is 0 Å². The SMILES string of the molecule is CC.CC.c1ccc2c(c1)CNS2. The largest absolute Gasteiger partial charge is 0.255 e. The van der Waals surface area contributed by atoms with Crippen LogP contribution in [-0.2, 0) is 6.54 Å². The third-order valence-electron chi connectivity index (χ3n) is 1.42. The van der Waals surface area contributed by atoms with E-state index < -0.39 is 0 Å². The van der Waals surface area contributed by atoms with Gasteiger partial charge in [0.1, 0.15) is 0 Å². The van der Waals surface area contributed by atoms with Crippen LogP contribution in [0.3, 0.4) is 0 Å². The van der Waals surface area contributed by atoms with Crippen LogP contribution in [0, 0.1) is 0 Å². The summed E-state index contributed by atoms with van der Waals surface area (Å²) in [5.41, 5.74) is 1.42. The molecule has 0 saturated carbocycles. The third kappa shape index (κ3) is 3.83. The molecule has 1 aliphatic heterocycles. The molecule has 1 heterocycles. The summed E-state index contributed by atoms with van der Waals surface area (Å²) in [7, 11) is 0. The summed E-state index contributed by atoms with van der Waals surface area (Å²) in [5, 5.41) is 0. The lowest BCUT2D eigenvalue weighted by molar-refractivity contribution is 0.994. The van der Waals surface area contributed by atoms with Crippen molar-refractivity contribution in [2.24, 2.45) is 0 Å². The van der Waals surface area contributed by atoms with Crippen molar-refractivity contribution >= 4 is 11.9 Å². The molecule has 13 heavy (non-hydrogen) atoms. The van der Waals surface area contributed by atoms with Crippen LogP contribution >= 0.6 is 11.9 Å². The normalized spacial score (nSPS) is 11.7. The van der Waals surface area contributed by atoms with Crippen molar-refractivity contribution in [3.8, 4) is 0 Å². The van der Waals surface area contributed by atoms with Crippen LogP contribution in [0.5, 0.6) is 0 Å². The van der Waals surface area contributed by atoms with E-state index in [2.05, 4.69) is 29.0 Å². The van der Waals surface area contributed by atoms with E-state index in [0.29, 0.717) is 0 Å². The second-order valence-corrected chi connectivity index (χ2v) is 2.96. The first-order chi connectivity index (χ1) is 6.47. The molecule has 0 amide bonds. The maximum Gasteiger partial charge on any atom is 0.0324 e. The Morgan fingerprint density at radius 1 is 1.08 bits per heavy atom. The highest BCUT2D eigenvalue weighted by atomic mass is 32.2. The van der Waals surface area contributed by atoms with E-state index in [-0.39, 0.29) is 0 Å². The first-order valence-electron chi connectivity index (χ1n) is 4.94. The minimum atomic E-state index is 1.01. The van der Waals surface area contributed by atoms with Gasteiger partial charge in [-0.2, -0.15) is 0 Å². The lowest BCUT2D eigenvalue weighted by Gasteiger charge is -1.90. The zero-order chi connectivity index (χ0) is 10.1. The molecule has 0 spiro atoms. The molecule has 0 fully saturated rings. The van der Waals surface area contributed by atoms with Crippen molar-refractivity contribution in [1.82, 2.24) is 4.72 Å². The summed E-state index contributed by atoms with van der Waals surface area (Å²) < 4.78 is 3.20. The minimum Gasteiger partial charge on any atom is -0.255 e. The highest BCUT2D eigenvalue weighted by molar-refractivity contribution is 7.97. The van der Waals surface area contributed by atoms with Crippen molar-refractivity contribution in [3.05, 3.63) is 29.8 Å². The monoisotopic (exact) mass is 197 g/mol. The summed E-state index contributed by atoms with van der Waals surface area (Å²) in [4.78, 5) is 1.37. The average molecular weight is 197 g/mol. The smallest absolute Gasteiger partial charge is 0.0324 e. The van der Waals surface area contributed by atoms with Gasteiger partial charge in [-0.25, -0.2) is 0 Å². The molecule has 1 aliphatic rings. The molecular formula is C11H19NS. The van der Waals surface area contributed by atoms with Crippen molar-refractivity contribution < 1.29 is 0 Å². The van der Waals surface area contributed by atoms with Crippen LogP contribution in [-0.4, -0.2) is 0 Å². The van der Waals surface area contributed by atoms with Crippen molar-refractivity contribution in [1.29, 1.82) is 0 Å². The highest BCUT2D eigenvalue weighted by Crippen LogP contribution is 2.25. The summed E-state index contributed by atoms with van der Waals surface area (Å²) in [6.07, 6.45) is 0. The Morgan fingerprint density at radius 2 is 1.69 bits per heavy atom. The van der Waals surface area contributed by atoms with E-state index in [1.807, 2.05) is 27.7 Å². The standard InChI is InChI=1S/C7H7NS.2C2H6/c1-2-4-7-6(3-1)5-8-9-7;2*1-2/h1-4,8H,5H2;2*1-2H3. The van der Waals surface area contributed by atoms with Crippen LogP contribution in [0.15, 0.2) is 29.2 Å². The molecule has 0 radical (unpaired) electrons. The number of nitrogens with one attached hydrogen (secondary N) is 1. The van der Waals surface area contributed by atoms with Crippen LogP contribution < -0.4 is 4.72 Å². The predicted octanol–water partition coefficient (Wildman–Crippen LogP) is 3.85. The second-order valence-electron chi connectivity index (χ2n) is 2.03. The van der Waals surface area contributed by atoms with Crippen molar-refractivity contribution in [3.63, 3.8) is 0 Å². The van der Waals surface area contributed by atoms with Gasteiger partial charge in [0, 0.05) is 11.4 Å². The number of rotatable bonds is 0. The lowest BCUT2D eigenvalue weighted by Crippen LogP contribution is -1.90. The fraction of sp³-hybridized carbons (Fsp3) is 0.455. The predicted molar refractivity (Wildman–Crippen MR) is 61.8 cm³/mol. The third-order valence-corrected chi connectivity index (χ3v) is 2.32. The Kier molecular flexibility index (Phi) is 7.85. The van der Waals surface area contributed by atoms with E-state index >= 15 is 0 Å². The summed E-state index contributed by atoms with van der Waals surface area (Å²) in [5.74, 6) is 0. The Balaban J connectivity index is 0.000000322. The molecule has 0 aliphatic carbocycles. The number of fused-ring (bicyclic) bond motifs is 1. The molecular weight excluding hydrogens is 178 g/mol. The molecule has 0 atom stereocenters. The van der Waals surface area contributed by atoms with Crippen LogP contribution in [0.25, 0.3) is 0 Å². The van der Waals surface area contributed by atoms with Gasteiger partial charge in [-0.3, -0.25) is 4.72 Å². The Hall–Kier alpha value is -0.470. The van der Waals surface area contributed by atoms with Gasteiger partial charge in [0.05, 0.1) is 0 Å². The molecule has 1 nitrogen and oxygen atoms in total. The van der Waals surface area contributed by atoms with Crippen LogP contribution in [0.2, 0.25) is 0 Å². The van der Waals surface area contributed by atoms with E-state index in [4.69, 9.17) is 0 Å². The Morgan fingerprint density at radius 3 is 2.31 bits per heavy atom.